The van der Waals surface area contributed by atoms with Gasteiger partial charge in [0.25, 0.3) is 0 Å². The topological polar surface area (TPSA) is 24.9 Å². The molecule has 1 atom stereocenters. The standard InChI is InChI=1S/C9H12N2.C2H6/c1-7-4-5-8-3-2-6-10-9(8)11-7;1-2/h2-3,6-7H,4-5H2,1H3,(H,10,11);1-2H3. The van der Waals surface area contributed by atoms with Crippen LogP contribution in [0.4, 0.5) is 5.82 Å². The summed E-state index contributed by atoms with van der Waals surface area (Å²) in [7, 11) is 0. The van der Waals surface area contributed by atoms with Crippen molar-refractivity contribution < 1.29 is 0 Å². The molecule has 2 nitrogen and oxygen atoms in total. The highest BCUT2D eigenvalue weighted by Crippen LogP contribution is 2.20. The van der Waals surface area contributed by atoms with Gasteiger partial charge in [-0.3, -0.25) is 0 Å². The molecule has 2 rings (SSSR count). The minimum Gasteiger partial charge on any atom is -0.367 e. The minimum atomic E-state index is 0.581. The van der Waals surface area contributed by atoms with Gasteiger partial charge in [-0.1, -0.05) is 19.9 Å². The average Bonchev–Trinajstić information content (AvgIpc) is 2.21. The molecular formula is C11H18N2. The average molecular weight is 178 g/mol. The maximum atomic E-state index is 4.26. The summed E-state index contributed by atoms with van der Waals surface area (Å²) < 4.78 is 0. The van der Waals surface area contributed by atoms with Gasteiger partial charge in [-0.25, -0.2) is 4.98 Å². The van der Waals surface area contributed by atoms with Crippen molar-refractivity contribution in [2.75, 3.05) is 5.32 Å². The number of pyridine rings is 1. The monoisotopic (exact) mass is 178 g/mol. The lowest BCUT2D eigenvalue weighted by Gasteiger charge is -2.22. The van der Waals surface area contributed by atoms with Crippen molar-refractivity contribution in [1.82, 2.24) is 4.98 Å². The van der Waals surface area contributed by atoms with Crippen LogP contribution in [0, 0.1) is 0 Å². The second kappa shape index (κ2) is 4.85. The molecule has 0 fully saturated rings. The third kappa shape index (κ3) is 2.44. The summed E-state index contributed by atoms with van der Waals surface area (Å²) in [5.74, 6) is 1.08. The van der Waals surface area contributed by atoms with Crippen molar-refractivity contribution in [3.63, 3.8) is 0 Å². The van der Waals surface area contributed by atoms with Crippen LogP contribution in [-0.4, -0.2) is 11.0 Å². The molecule has 0 aliphatic carbocycles. The fraction of sp³-hybridized carbons (Fsp3) is 0.545. The first kappa shape index (κ1) is 10.0. The minimum absolute atomic E-state index is 0.581. The molecule has 2 heterocycles. The van der Waals surface area contributed by atoms with Gasteiger partial charge in [0, 0.05) is 12.2 Å². The predicted molar refractivity (Wildman–Crippen MR) is 57.0 cm³/mol. The zero-order valence-electron chi connectivity index (χ0n) is 8.67. The normalized spacial score (nSPS) is 19.2. The Morgan fingerprint density at radius 1 is 1.46 bits per heavy atom. The molecule has 0 aromatic carbocycles. The highest BCUT2D eigenvalue weighted by molar-refractivity contribution is 5.46. The Hall–Kier alpha value is -1.05. The van der Waals surface area contributed by atoms with E-state index in [4.69, 9.17) is 0 Å². The molecule has 0 spiro atoms. The molecule has 0 radical (unpaired) electrons. The van der Waals surface area contributed by atoms with Gasteiger partial charge in [-0.15, -0.1) is 0 Å². The summed E-state index contributed by atoms with van der Waals surface area (Å²) in [4.78, 5) is 4.26. The van der Waals surface area contributed by atoms with Crippen molar-refractivity contribution in [1.29, 1.82) is 0 Å². The van der Waals surface area contributed by atoms with Crippen LogP contribution < -0.4 is 5.32 Å². The quantitative estimate of drug-likeness (QED) is 0.660. The lowest BCUT2D eigenvalue weighted by Crippen LogP contribution is -2.22. The zero-order valence-corrected chi connectivity index (χ0v) is 8.67. The van der Waals surface area contributed by atoms with Gasteiger partial charge >= 0.3 is 0 Å². The number of anilines is 1. The summed E-state index contributed by atoms with van der Waals surface area (Å²) in [6, 6.07) is 4.72. The number of fused-ring (bicyclic) bond motifs is 1. The number of hydrogen-bond acceptors (Lipinski definition) is 2. The van der Waals surface area contributed by atoms with Crippen LogP contribution in [0.25, 0.3) is 0 Å². The Morgan fingerprint density at radius 3 is 3.00 bits per heavy atom. The first-order chi connectivity index (χ1) is 6.36. The van der Waals surface area contributed by atoms with Crippen molar-refractivity contribution in [2.45, 2.75) is 39.7 Å². The molecule has 0 saturated heterocycles. The smallest absolute Gasteiger partial charge is 0.129 e. The summed E-state index contributed by atoms with van der Waals surface area (Å²) in [6.45, 7) is 6.19. The molecule has 1 aliphatic heterocycles. The molecule has 2 heteroatoms. The van der Waals surface area contributed by atoms with Crippen LogP contribution in [0.3, 0.4) is 0 Å². The first-order valence-electron chi connectivity index (χ1n) is 5.06. The van der Waals surface area contributed by atoms with Crippen molar-refractivity contribution >= 4 is 5.82 Å². The number of aryl methyl sites for hydroxylation is 1. The largest absolute Gasteiger partial charge is 0.367 e. The number of rotatable bonds is 0. The van der Waals surface area contributed by atoms with Crippen molar-refractivity contribution in [3.8, 4) is 0 Å². The van der Waals surface area contributed by atoms with Gasteiger partial charge in [0.1, 0.15) is 5.82 Å². The Kier molecular flexibility index (Phi) is 3.74. The van der Waals surface area contributed by atoms with Crippen LogP contribution in [0.5, 0.6) is 0 Å². The number of nitrogens with one attached hydrogen (secondary N) is 1. The Morgan fingerprint density at radius 2 is 2.23 bits per heavy atom. The summed E-state index contributed by atoms with van der Waals surface area (Å²) in [6.07, 6.45) is 4.22. The van der Waals surface area contributed by atoms with E-state index in [9.17, 15) is 0 Å². The molecule has 72 valence electrons. The van der Waals surface area contributed by atoms with E-state index in [2.05, 4.69) is 23.3 Å². The van der Waals surface area contributed by atoms with Crippen LogP contribution in [0.1, 0.15) is 32.8 Å². The fourth-order valence-electron chi connectivity index (χ4n) is 1.45. The van der Waals surface area contributed by atoms with Crippen LogP contribution in [0.15, 0.2) is 18.3 Å². The Bertz CT molecular complexity index is 258. The van der Waals surface area contributed by atoms with Crippen LogP contribution >= 0.6 is 0 Å². The van der Waals surface area contributed by atoms with Gasteiger partial charge in [0.05, 0.1) is 0 Å². The molecular weight excluding hydrogens is 160 g/mol. The SMILES string of the molecule is CC.CC1CCc2cccnc2N1. The lowest BCUT2D eigenvalue weighted by atomic mass is 10.0. The summed E-state index contributed by atoms with van der Waals surface area (Å²) >= 11 is 0. The molecule has 0 bridgehead atoms. The molecule has 13 heavy (non-hydrogen) atoms. The lowest BCUT2D eigenvalue weighted by molar-refractivity contribution is 0.674. The highest BCUT2D eigenvalue weighted by Gasteiger charge is 2.13. The second-order valence-corrected chi connectivity index (χ2v) is 3.10. The van der Waals surface area contributed by atoms with E-state index in [0.717, 1.165) is 12.2 Å². The van der Waals surface area contributed by atoms with E-state index in [1.54, 1.807) is 0 Å². The predicted octanol–water partition coefficient (Wildman–Crippen LogP) is 2.85. The summed E-state index contributed by atoms with van der Waals surface area (Å²) in [5, 5.41) is 3.35. The molecule has 1 aromatic heterocycles. The number of aromatic nitrogens is 1. The van der Waals surface area contributed by atoms with E-state index >= 15 is 0 Å². The van der Waals surface area contributed by atoms with Crippen LogP contribution in [0.2, 0.25) is 0 Å². The highest BCUT2D eigenvalue weighted by atomic mass is 15.0. The van der Waals surface area contributed by atoms with Gasteiger partial charge in [0.15, 0.2) is 0 Å². The van der Waals surface area contributed by atoms with Crippen molar-refractivity contribution in [2.24, 2.45) is 0 Å². The zero-order chi connectivity index (χ0) is 9.68. The Balaban J connectivity index is 0.000000396. The third-order valence-electron chi connectivity index (χ3n) is 2.12. The maximum absolute atomic E-state index is 4.26. The third-order valence-corrected chi connectivity index (χ3v) is 2.12. The molecule has 1 aliphatic rings. The van der Waals surface area contributed by atoms with Gasteiger partial charge in [-0.2, -0.15) is 0 Å². The molecule has 0 amide bonds. The molecule has 1 N–H and O–H groups in total. The maximum Gasteiger partial charge on any atom is 0.129 e. The van der Waals surface area contributed by atoms with Gasteiger partial charge in [-0.05, 0) is 31.4 Å². The first-order valence-corrected chi connectivity index (χ1v) is 5.06. The van der Waals surface area contributed by atoms with E-state index in [0.29, 0.717) is 6.04 Å². The van der Waals surface area contributed by atoms with E-state index in [-0.39, 0.29) is 0 Å². The Labute approximate surface area is 80.4 Å². The second-order valence-electron chi connectivity index (χ2n) is 3.10. The van der Waals surface area contributed by atoms with Gasteiger partial charge in [0.2, 0.25) is 0 Å². The molecule has 1 aromatic rings. The number of nitrogens with zero attached hydrogens (tertiary/aromatic N) is 1. The van der Waals surface area contributed by atoms with E-state index in [1.165, 1.54) is 12.0 Å². The van der Waals surface area contributed by atoms with E-state index in [1.807, 2.05) is 26.1 Å². The number of hydrogen-bond donors (Lipinski definition) is 1. The fourth-order valence-corrected chi connectivity index (χ4v) is 1.45. The summed E-state index contributed by atoms with van der Waals surface area (Å²) in [5.41, 5.74) is 1.35. The van der Waals surface area contributed by atoms with Crippen molar-refractivity contribution in [3.05, 3.63) is 23.9 Å². The van der Waals surface area contributed by atoms with E-state index < -0.39 is 0 Å². The molecule has 1 unspecified atom stereocenters. The van der Waals surface area contributed by atoms with Crippen LogP contribution in [-0.2, 0) is 6.42 Å². The van der Waals surface area contributed by atoms with Gasteiger partial charge < -0.3 is 5.32 Å². The molecule has 0 saturated carbocycles.